The highest BCUT2D eigenvalue weighted by Gasteiger charge is 2.18. The molecule has 38 heavy (non-hydrogen) atoms. The normalized spacial score (nSPS) is 11.4. The molecule has 0 fully saturated rings. The molecule has 0 aliphatic heterocycles. The molecule has 10 heteroatoms. The van der Waals surface area contributed by atoms with Crippen LogP contribution in [0.1, 0.15) is 5.56 Å². The molecule has 0 saturated heterocycles. The summed E-state index contributed by atoms with van der Waals surface area (Å²) in [5, 5.41) is 7.59. The van der Waals surface area contributed by atoms with Crippen molar-refractivity contribution in [2.45, 2.75) is 6.61 Å². The van der Waals surface area contributed by atoms with Gasteiger partial charge in [0.2, 0.25) is 0 Å². The van der Waals surface area contributed by atoms with Gasteiger partial charge in [-0.05, 0) is 42.0 Å². The van der Waals surface area contributed by atoms with Crippen molar-refractivity contribution in [2.24, 2.45) is 0 Å². The summed E-state index contributed by atoms with van der Waals surface area (Å²) in [5.41, 5.74) is 7.19. The summed E-state index contributed by atoms with van der Waals surface area (Å²) < 4.78 is 6.67. The van der Waals surface area contributed by atoms with Gasteiger partial charge in [0.25, 0.3) is 0 Å². The van der Waals surface area contributed by atoms with E-state index in [0.717, 1.165) is 43.9 Å². The number of aromatic amines is 2. The van der Waals surface area contributed by atoms with Crippen LogP contribution < -0.4 is 4.74 Å². The molecule has 1 aromatic carbocycles. The first-order valence-electron chi connectivity index (χ1n) is 11.8. The fraction of sp³-hybridized carbons (Fsp3) is 0.0357. The highest BCUT2D eigenvalue weighted by atomic mass is 35.5. The number of pyridine rings is 3. The fourth-order valence-electron chi connectivity index (χ4n) is 4.27. The van der Waals surface area contributed by atoms with Crippen molar-refractivity contribution in [3.05, 3.63) is 95.2 Å². The molecule has 7 aromatic rings. The molecule has 0 spiro atoms. The molecule has 0 bridgehead atoms. The van der Waals surface area contributed by atoms with E-state index in [9.17, 15) is 0 Å². The van der Waals surface area contributed by atoms with Gasteiger partial charge in [0.15, 0.2) is 11.5 Å². The molecular weight excluding hydrogens is 518 g/mol. The van der Waals surface area contributed by atoms with E-state index < -0.39 is 0 Å². The lowest BCUT2D eigenvalue weighted by Gasteiger charge is -2.08. The second-order valence-corrected chi connectivity index (χ2v) is 10.3. The Kier molecular flexibility index (Phi) is 5.57. The first-order valence-corrected chi connectivity index (χ1v) is 13.0. The number of H-pyrrole nitrogens is 2. The maximum absolute atomic E-state index is 6.16. The molecule has 0 amide bonds. The first-order chi connectivity index (χ1) is 18.7. The van der Waals surface area contributed by atoms with Crippen LogP contribution in [0, 0.1) is 0 Å². The molecule has 6 aromatic heterocycles. The van der Waals surface area contributed by atoms with E-state index in [0.29, 0.717) is 33.7 Å². The van der Waals surface area contributed by atoms with E-state index in [2.05, 4.69) is 25.1 Å². The molecule has 8 nitrogen and oxygen atoms in total. The largest absolute Gasteiger partial charge is 0.487 e. The molecule has 0 atom stereocenters. The van der Waals surface area contributed by atoms with E-state index in [1.807, 2.05) is 66.7 Å². The zero-order chi connectivity index (χ0) is 25.5. The number of benzene rings is 1. The summed E-state index contributed by atoms with van der Waals surface area (Å²) in [6.07, 6.45) is 5.23. The molecule has 0 unspecified atom stereocenters. The maximum Gasteiger partial charge on any atom is 0.161 e. The zero-order valence-electron chi connectivity index (χ0n) is 19.7. The maximum atomic E-state index is 6.16. The SMILES string of the molecule is Clc1ccc(-c2nccc3[nH]c(-c4n[nH]c5ccc(-c6cncc(OCc7ccccc7)c6)nc45)nc23)s1. The number of halogens is 1. The minimum atomic E-state index is 0.463. The van der Waals surface area contributed by atoms with Gasteiger partial charge in [-0.25, -0.2) is 9.97 Å². The Labute approximate surface area is 225 Å². The van der Waals surface area contributed by atoms with Gasteiger partial charge in [0.05, 0.1) is 32.1 Å². The topological polar surface area (TPSA) is 105 Å². The number of fused-ring (bicyclic) bond motifs is 2. The zero-order valence-corrected chi connectivity index (χ0v) is 21.3. The Morgan fingerprint density at radius 2 is 1.76 bits per heavy atom. The number of ether oxygens (including phenoxy) is 1. The predicted octanol–water partition coefficient (Wildman–Crippen LogP) is 6.92. The molecule has 0 radical (unpaired) electrons. The Morgan fingerprint density at radius 3 is 2.63 bits per heavy atom. The predicted molar refractivity (Wildman–Crippen MR) is 149 cm³/mol. The molecule has 0 aliphatic rings. The summed E-state index contributed by atoms with van der Waals surface area (Å²) >= 11 is 7.63. The van der Waals surface area contributed by atoms with Gasteiger partial charge in [-0.2, -0.15) is 5.10 Å². The highest BCUT2D eigenvalue weighted by molar-refractivity contribution is 7.19. The standard InChI is InChI=1S/C28H18ClN7OS/c29-23-9-8-22(38-23)26-24-20(10-11-31-26)33-28(34-24)27-25-21(35-36-27)7-6-19(32-25)17-12-18(14-30-13-17)37-15-16-4-2-1-3-5-16/h1-14H,15H2,(H,33,34)(H,35,36). The van der Waals surface area contributed by atoms with Gasteiger partial charge in [-0.15, -0.1) is 11.3 Å². The van der Waals surface area contributed by atoms with Crippen molar-refractivity contribution in [1.29, 1.82) is 0 Å². The Morgan fingerprint density at radius 1 is 0.868 bits per heavy atom. The average Bonchev–Trinajstić information content (AvgIpc) is 3.70. The molecule has 184 valence electrons. The number of hydrogen-bond acceptors (Lipinski definition) is 7. The summed E-state index contributed by atoms with van der Waals surface area (Å²) in [7, 11) is 0. The summed E-state index contributed by atoms with van der Waals surface area (Å²) in [4.78, 5) is 23.0. The van der Waals surface area contributed by atoms with Crippen molar-refractivity contribution < 1.29 is 4.74 Å². The molecule has 7 rings (SSSR count). The van der Waals surface area contributed by atoms with E-state index in [1.165, 1.54) is 11.3 Å². The van der Waals surface area contributed by atoms with E-state index >= 15 is 0 Å². The van der Waals surface area contributed by atoms with Crippen molar-refractivity contribution in [1.82, 2.24) is 35.1 Å². The number of thiophene rings is 1. The quantitative estimate of drug-likeness (QED) is 0.239. The number of aromatic nitrogens is 7. The smallest absolute Gasteiger partial charge is 0.161 e. The minimum absolute atomic E-state index is 0.463. The summed E-state index contributed by atoms with van der Waals surface area (Å²) in [6, 6.07) is 21.6. The van der Waals surface area contributed by atoms with Crippen LogP contribution in [0.2, 0.25) is 4.34 Å². The lowest BCUT2D eigenvalue weighted by atomic mass is 10.1. The Hall–Kier alpha value is -4.60. The number of nitrogens with zero attached hydrogens (tertiary/aromatic N) is 5. The number of rotatable bonds is 6. The molecule has 0 saturated carbocycles. The van der Waals surface area contributed by atoms with Gasteiger partial charge >= 0.3 is 0 Å². The van der Waals surface area contributed by atoms with E-state index in [-0.39, 0.29) is 0 Å². The van der Waals surface area contributed by atoms with Crippen molar-refractivity contribution >= 4 is 45.0 Å². The van der Waals surface area contributed by atoms with Crippen molar-refractivity contribution in [3.63, 3.8) is 0 Å². The molecular formula is C28H18ClN7OS. The van der Waals surface area contributed by atoms with E-state index in [1.54, 1.807) is 18.6 Å². The van der Waals surface area contributed by atoms with Crippen LogP contribution in [0.15, 0.2) is 85.3 Å². The van der Waals surface area contributed by atoms with Crippen LogP contribution >= 0.6 is 22.9 Å². The van der Waals surface area contributed by atoms with Crippen LogP contribution in [0.5, 0.6) is 5.75 Å². The molecule has 0 aliphatic carbocycles. The first kappa shape index (κ1) is 22.6. The monoisotopic (exact) mass is 535 g/mol. The van der Waals surface area contributed by atoms with Gasteiger partial charge in [0, 0.05) is 18.0 Å². The third-order valence-corrected chi connectivity index (χ3v) is 7.33. The van der Waals surface area contributed by atoms with Gasteiger partial charge in [-0.1, -0.05) is 41.9 Å². The highest BCUT2D eigenvalue weighted by Crippen LogP contribution is 2.35. The lowest BCUT2D eigenvalue weighted by molar-refractivity contribution is 0.305. The minimum Gasteiger partial charge on any atom is -0.487 e. The van der Waals surface area contributed by atoms with Crippen molar-refractivity contribution in [2.75, 3.05) is 0 Å². The van der Waals surface area contributed by atoms with Gasteiger partial charge in [-0.3, -0.25) is 15.1 Å². The molecule has 6 heterocycles. The van der Waals surface area contributed by atoms with Crippen LogP contribution in [-0.4, -0.2) is 35.1 Å². The Bertz CT molecular complexity index is 1910. The second-order valence-electron chi connectivity index (χ2n) is 8.59. The van der Waals surface area contributed by atoms with Gasteiger partial charge < -0.3 is 9.72 Å². The van der Waals surface area contributed by atoms with Crippen molar-refractivity contribution in [3.8, 4) is 39.1 Å². The third kappa shape index (κ3) is 4.17. The number of nitrogens with one attached hydrogen (secondary N) is 2. The average molecular weight is 536 g/mol. The fourth-order valence-corrected chi connectivity index (χ4v) is 5.31. The third-order valence-electron chi connectivity index (χ3n) is 6.10. The number of imidazole rings is 1. The van der Waals surface area contributed by atoms with Gasteiger partial charge in [0.1, 0.15) is 29.1 Å². The summed E-state index contributed by atoms with van der Waals surface area (Å²) in [6.45, 7) is 0.463. The summed E-state index contributed by atoms with van der Waals surface area (Å²) in [5.74, 6) is 1.28. The number of hydrogen-bond donors (Lipinski definition) is 2. The van der Waals surface area contributed by atoms with Crippen LogP contribution in [0.25, 0.3) is 55.4 Å². The van der Waals surface area contributed by atoms with Crippen LogP contribution in [0.4, 0.5) is 0 Å². The second kappa shape index (κ2) is 9.37. The van der Waals surface area contributed by atoms with Crippen LogP contribution in [0.3, 0.4) is 0 Å². The molecule has 2 N–H and O–H groups in total. The van der Waals surface area contributed by atoms with E-state index in [4.69, 9.17) is 26.3 Å². The Balaban J connectivity index is 1.24. The lowest BCUT2D eigenvalue weighted by Crippen LogP contribution is -1.96. The van der Waals surface area contributed by atoms with Crippen LogP contribution in [-0.2, 0) is 6.61 Å².